The van der Waals surface area contributed by atoms with Crippen LogP contribution in [-0.4, -0.2) is 27.5 Å². The summed E-state index contributed by atoms with van der Waals surface area (Å²) in [5.41, 5.74) is -0.972. The van der Waals surface area contributed by atoms with Crippen LogP contribution in [0.4, 0.5) is 19.7 Å². The van der Waals surface area contributed by atoms with E-state index in [9.17, 15) is 14.0 Å². The first-order valence-electron chi connectivity index (χ1n) is 6.22. The number of nitrogens with zero attached hydrogens (tertiary/aromatic N) is 1. The number of carbonyl (C=O) groups excluding carboxylic acids is 1. The molecular formula is C14H15FN2O4. The first kappa shape index (κ1) is 14.8. The molecule has 0 saturated heterocycles. The third-order valence-electron chi connectivity index (χ3n) is 2.63. The molecule has 1 aromatic heterocycles. The number of nitrogens with one attached hydrogen (secondary N) is 1. The van der Waals surface area contributed by atoms with Crippen molar-refractivity contribution in [2.75, 3.05) is 5.32 Å². The van der Waals surface area contributed by atoms with Gasteiger partial charge in [0.25, 0.3) is 0 Å². The smallest absolute Gasteiger partial charge is 0.416 e. The van der Waals surface area contributed by atoms with Crippen molar-refractivity contribution in [3.05, 3.63) is 30.2 Å². The summed E-state index contributed by atoms with van der Waals surface area (Å²) in [5, 5.41) is 11.7. The average Bonchev–Trinajstić information content (AvgIpc) is 2.75. The number of fused-ring (bicyclic) bond motifs is 1. The second kappa shape index (κ2) is 5.08. The summed E-state index contributed by atoms with van der Waals surface area (Å²) in [4.78, 5) is 22.7. The molecule has 1 heterocycles. The highest BCUT2D eigenvalue weighted by atomic mass is 19.1. The first-order chi connectivity index (χ1) is 9.69. The third-order valence-corrected chi connectivity index (χ3v) is 2.63. The van der Waals surface area contributed by atoms with Gasteiger partial charge in [0.1, 0.15) is 5.60 Å². The molecule has 2 aromatic rings. The van der Waals surface area contributed by atoms with Gasteiger partial charge in [-0.15, -0.1) is 0 Å². The SMILES string of the molecule is CC(C)(C)OC(=O)Nc1ccc2ccn(C(=O)O)c2c1F. The van der Waals surface area contributed by atoms with Gasteiger partial charge in [-0.05, 0) is 32.9 Å². The zero-order valence-corrected chi connectivity index (χ0v) is 11.8. The Labute approximate surface area is 120 Å². The van der Waals surface area contributed by atoms with Crippen molar-refractivity contribution in [3.63, 3.8) is 0 Å². The Morgan fingerprint density at radius 3 is 2.52 bits per heavy atom. The van der Waals surface area contributed by atoms with Crippen LogP contribution in [0.25, 0.3) is 10.9 Å². The summed E-state index contributed by atoms with van der Waals surface area (Å²) in [6.45, 7) is 5.05. The fourth-order valence-electron chi connectivity index (χ4n) is 1.86. The highest BCUT2D eigenvalue weighted by Crippen LogP contribution is 2.26. The van der Waals surface area contributed by atoms with Crippen LogP contribution in [0.2, 0.25) is 0 Å². The van der Waals surface area contributed by atoms with E-state index in [2.05, 4.69) is 5.32 Å². The monoisotopic (exact) mass is 294 g/mol. The van der Waals surface area contributed by atoms with E-state index in [4.69, 9.17) is 9.84 Å². The number of halogens is 1. The van der Waals surface area contributed by atoms with Crippen LogP contribution in [0.15, 0.2) is 24.4 Å². The molecule has 0 aliphatic rings. The Morgan fingerprint density at radius 2 is 1.95 bits per heavy atom. The Balaban J connectivity index is 2.37. The van der Waals surface area contributed by atoms with Gasteiger partial charge in [0, 0.05) is 11.6 Å². The summed E-state index contributed by atoms with van der Waals surface area (Å²) in [6, 6.07) is 4.35. The molecule has 0 unspecified atom stereocenters. The maximum Gasteiger partial charge on any atom is 0.416 e. The van der Waals surface area contributed by atoms with Crippen LogP contribution < -0.4 is 5.32 Å². The number of aromatic nitrogens is 1. The molecule has 0 spiro atoms. The molecular weight excluding hydrogens is 279 g/mol. The van der Waals surface area contributed by atoms with Crippen molar-refractivity contribution in [1.29, 1.82) is 0 Å². The summed E-state index contributed by atoms with van der Waals surface area (Å²) < 4.78 is 20.1. The van der Waals surface area contributed by atoms with Crippen LogP contribution in [0.3, 0.4) is 0 Å². The number of rotatable bonds is 1. The molecule has 2 rings (SSSR count). The van der Waals surface area contributed by atoms with E-state index in [-0.39, 0.29) is 11.2 Å². The number of ether oxygens (including phenoxy) is 1. The Morgan fingerprint density at radius 1 is 1.29 bits per heavy atom. The minimum absolute atomic E-state index is 0.115. The fraction of sp³-hybridized carbons (Fsp3) is 0.286. The van der Waals surface area contributed by atoms with E-state index in [0.717, 1.165) is 4.57 Å². The molecule has 0 aliphatic heterocycles. The van der Waals surface area contributed by atoms with Gasteiger partial charge in [0.05, 0.1) is 11.2 Å². The van der Waals surface area contributed by atoms with E-state index in [1.165, 1.54) is 24.4 Å². The molecule has 112 valence electrons. The van der Waals surface area contributed by atoms with Crippen LogP contribution >= 0.6 is 0 Å². The van der Waals surface area contributed by atoms with Crippen molar-refractivity contribution in [3.8, 4) is 0 Å². The highest BCUT2D eigenvalue weighted by molar-refractivity contribution is 5.94. The topological polar surface area (TPSA) is 80.6 Å². The second-order valence-electron chi connectivity index (χ2n) is 5.46. The molecule has 0 radical (unpaired) electrons. The summed E-state index contributed by atoms with van der Waals surface area (Å²) in [5.74, 6) is -0.828. The van der Waals surface area contributed by atoms with Gasteiger partial charge in [-0.3, -0.25) is 5.32 Å². The van der Waals surface area contributed by atoms with E-state index in [1.807, 2.05) is 0 Å². The van der Waals surface area contributed by atoms with Crippen molar-refractivity contribution < 1.29 is 23.8 Å². The zero-order chi connectivity index (χ0) is 15.8. The molecule has 0 atom stereocenters. The van der Waals surface area contributed by atoms with Gasteiger partial charge in [0.2, 0.25) is 0 Å². The Bertz CT molecular complexity index is 716. The molecule has 0 saturated carbocycles. The second-order valence-corrected chi connectivity index (χ2v) is 5.46. The van der Waals surface area contributed by atoms with Crippen LogP contribution in [0.1, 0.15) is 20.8 Å². The lowest BCUT2D eigenvalue weighted by Gasteiger charge is -2.19. The molecule has 0 aliphatic carbocycles. The van der Waals surface area contributed by atoms with Gasteiger partial charge in [0.15, 0.2) is 5.82 Å². The number of carbonyl (C=O) groups is 2. The van der Waals surface area contributed by atoms with Crippen molar-refractivity contribution >= 4 is 28.8 Å². The molecule has 6 nitrogen and oxygen atoms in total. The van der Waals surface area contributed by atoms with Gasteiger partial charge < -0.3 is 9.84 Å². The fourth-order valence-corrected chi connectivity index (χ4v) is 1.86. The lowest BCUT2D eigenvalue weighted by molar-refractivity contribution is 0.0635. The molecule has 2 N–H and O–H groups in total. The number of hydrogen-bond acceptors (Lipinski definition) is 3. The number of anilines is 1. The highest BCUT2D eigenvalue weighted by Gasteiger charge is 2.20. The largest absolute Gasteiger partial charge is 0.464 e. The van der Waals surface area contributed by atoms with Crippen LogP contribution in [-0.2, 0) is 4.74 Å². The third kappa shape index (κ3) is 3.13. The molecule has 1 amide bonds. The molecule has 0 bridgehead atoms. The molecule has 0 fully saturated rings. The van der Waals surface area contributed by atoms with Crippen molar-refractivity contribution in [1.82, 2.24) is 4.57 Å². The van der Waals surface area contributed by atoms with Gasteiger partial charge >= 0.3 is 12.2 Å². The van der Waals surface area contributed by atoms with E-state index < -0.39 is 23.6 Å². The number of carboxylic acid groups (broad SMARTS) is 1. The van der Waals surface area contributed by atoms with E-state index in [1.54, 1.807) is 20.8 Å². The van der Waals surface area contributed by atoms with Gasteiger partial charge in [-0.2, -0.15) is 0 Å². The quantitative estimate of drug-likeness (QED) is 0.841. The summed E-state index contributed by atoms with van der Waals surface area (Å²) >= 11 is 0. The van der Waals surface area contributed by atoms with Gasteiger partial charge in [-0.25, -0.2) is 18.5 Å². The zero-order valence-electron chi connectivity index (χ0n) is 11.8. The lowest BCUT2D eigenvalue weighted by atomic mass is 10.2. The summed E-state index contributed by atoms with van der Waals surface area (Å²) in [6.07, 6.45) is -0.875. The maximum atomic E-state index is 14.4. The Kier molecular flexibility index (Phi) is 3.59. The minimum Gasteiger partial charge on any atom is -0.464 e. The minimum atomic E-state index is -1.31. The standard InChI is InChI=1S/C14H15FN2O4/c1-14(2,3)21-12(18)16-9-5-4-8-6-7-17(13(19)20)11(8)10(9)15/h4-7H,1-3H3,(H,16,18)(H,19,20). The van der Waals surface area contributed by atoms with Crippen molar-refractivity contribution in [2.24, 2.45) is 0 Å². The molecule has 7 heteroatoms. The predicted octanol–water partition coefficient (Wildman–Crippen LogP) is 3.65. The molecule has 1 aromatic carbocycles. The van der Waals surface area contributed by atoms with Crippen LogP contribution in [0, 0.1) is 5.82 Å². The number of amides is 1. The lowest BCUT2D eigenvalue weighted by Crippen LogP contribution is -2.27. The summed E-state index contributed by atoms with van der Waals surface area (Å²) in [7, 11) is 0. The first-order valence-corrected chi connectivity index (χ1v) is 6.22. The maximum absolute atomic E-state index is 14.4. The van der Waals surface area contributed by atoms with E-state index >= 15 is 0 Å². The number of hydrogen-bond donors (Lipinski definition) is 2. The number of benzene rings is 1. The van der Waals surface area contributed by atoms with Crippen molar-refractivity contribution in [2.45, 2.75) is 26.4 Å². The molecule has 21 heavy (non-hydrogen) atoms. The van der Waals surface area contributed by atoms with Gasteiger partial charge in [-0.1, -0.05) is 6.07 Å². The van der Waals surface area contributed by atoms with E-state index in [0.29, 0.717) is 5.39 Å². The van der Waals surface area contributed by atoms with Crippen LogP contribution in [0.5, 0.6) is 0 Å². The predicted molar refractivity (Wildman–Crippen MR) is 75.2 cm³/mol. The Hall–Kier alpha value is -2.57. The normalized spacial score (nSPS) is 11.4. The average molecular weight is 294 g/mol.